The van der Waals surface area contributed by atoms with Crippen LogP contribution in [0.2, 0.25) is 0 Å². The molecule has 0 fully saturated rings. The van der Waals surface area contributed by atoms with Gasteiger partial charge >= 0.3 is 0 Å². The van der Waals surface area contributed by atoms with Crippen LogP contribution in [0.15, 0.2) is 12.3 Å². The lowest BCUT2D eigenvalue weighted by Crippen LogP contribution is -2.21. The van der Waals surface area contributed by atoms with Gasteiger partial charge in [-0.05, 0) is 19.2 Å². The maximum Gasteiger partial charge on any atom is 0.224 e. The third-order valence-electron chi connectivity index (χ3n) is 2.00. The van der Waals surface area contributed by atoms with Gasteiger partial charge in [-0.1, -0.05) is 0 Å². The molecule has 15 heavy (non-hydrogen) atoms. The maximum atomic E-state index is 4.41. The summed E-state index contributed by atoms with van der Waals surface area (Å²) in [6.45, 7) is 3.88. The Morgan fingerprint density at radius 3 is 3.00 bits per heavy atom. The molecule has 1 aromatic heterocycles. The molecule has 0 aliphatic heterocycles. The minimum Gasteiger partial charge on any atom is -0.359 e. The number of hydrogen-bond donors (Lipinski definition) is 1. The average Bonchev–Trinajstić information content (AvgIpc) is 2.27. The minimum absolute atomic E-state index is 0.700. The third kappa shape index (κ3) is 3.95. The van der Waals surface area contributed by atoms with E-state index in [1.807, 2.05) is 31.8 Å². The van der Waals surface area contributed by atoms with E-state index in [4.69, 9.17) is 0 Å². The summed E-state index contributed by atoms with van der Waals surface area (Å²) in [5, 5.41) is 3.10. The van der Waals surface area contributed by atoms with Crippen LogP contribution in [-0.4, -0.2) is 42.1 Å². The molecule has 84 valence electrons. The van der Waals surface area contributed by atoms with E-state index in [-0.39, 0.29) is 0 Å². The van der Waals surface area contributed by atoms with E-state index in [0.29, 0.717) is 5.95 Å². The molecule has 0 spiro atoms. The number of aromatic nitrogens is 2. The summed E-state index contributed by atoms with van der Waals surface area (Å²) < 4.78 is 0. The second-order valence-corrected chi connectivity index (χ2v) is 4.17. The molecular weight excluding hydrogens is 208 g/mol. The first-order valence-corrected chi connectivity index (χ1v) is 6.44. The van der Waals surface area contributed by atoms with E-state index in [9.17, 15) is 0 Å². The zero-order chi connectivity index (χ0) is 11.1. The highest BCUT2D eigenvalue weighted by molar-refractivity contribution is 7.98. The van der Waals surface area contributed by atoms with Gasteiger partial charge in [0.2, 0.25) is 5.95 Å². The molecule has 0 aliphatic carbocycles. The van der Waals surface area contributed by atoms with Crippen molar-refractivity contribution >= 4 is 23.5 Å². The molecular formula is C10H18N4S. The summed E-state index contributed by atoms with van der Waals surface area (Å²) in [6.07, 6.45) is 3.90. The normalized spacial score (nSPS) is 10.1. The van der Waals surface area contributed by atoms with Crippen molar-refractivity contribution in [2.24, 2.45) is 0 Å². The Morgan fingerprint density at radius 2 is 2.33 bits per heavy atom. The number of nitrogens with zero attached hydrogens (tertiary/aromatic N) is 3. The van der Waals surface area contributed by atoms with E-state index in [2.05, 4.69) is 26.4 Å². The molecule has 1 aromatic rings. The van der Waals surface area contributed by atoms with Crippen molar-refractivity contribution in [1.29, 1.82) is 0 Å². The lowest BCUT2D eigenvalue weighted by Gasteiger charge is -2.17. The summed E-state index contributed by atoms with van der Waals surface area (Å²) >= 11 is 1.84. The van der Waals surface area contributed by atoms with Crippen molar-refractivity contribution in [1.82, 2.24) is 9.97 Å². The predicted molar refractivity (Wildman–Crippen MR) is 67.8 cm³/mol. The van der Waals surface area contributed by atoms with Crippen molar-refractivity contribution in [3.05, 3.63) is 12.3 Å². The highest BCUT2D eigenvalue weighted by atomic mass is 32.2. The standard InChI is InChI=1S/C10H18N4S/c1-4-11-10-12-6-5-9(13-10)14(2)7-8-15-3/h5-6H,4,7-8H2,1-3H3,(H,11,12,13). The van der Waals surface area contributed by atoms with Gasteiger partial charge in [0.1, 0.15) is 5.82 Å². The van der Waals surface area contributed by atoms with Crippen molar-refractivity contribution in [2.75, 3.05) is 42.4 Å². The van der Waals surface area contributed by atoms with E-state index in [0.717, 1.165) is 24.7 Å². The summed E-state index contributed by atoms with van der Waals surface area (Å²) in [5.74, 6) is 2.78. The van der Waals surface area contributed by atoms with E-state index >= 15 is 0 Å². The zero-order valence-electron chi connectivity index (χ0n) is 9.53. The highest BCUT2D eigenvalue weighted by Crippen LogP contribution is 2.10. The molecule has 0 radical (unpaired) electrons. The van der Waals surface area contributed by atoms with Crippen LogP contribution in [0.25, 0.3) is 0 Å². The molecule has 0 aromatic carbocycles. The Balaban J connectivity index is 2.62. The first-order valence-electron chi connectivity index (χ1n) is 5.05. The van der Waals surface area contributed by atoms with Gasteiger partial charge in [0.05, 0.1) is 0 Å². The van der Waals surface area contributed by atoms with Crippen molar-refractivity contribution < 1.29 is 0 Å². The monoisotopic (exact) mass is 226 g/mol. The smallest absolute Gasteiger partial charge is 0.224 e. The SMILES string of the molecule is CCNc1nccc(N(C)CCSC)n1. The molecule has 0 atom stereocenters. The van der Waals surface area contributed by atoms with Gasteiger partial charge in [-0.15, -0.1) is 0 Å². The molecule has 5 heteroatoms. The number of thioether (sulfide) groups is 1. The molecule has 0 amide bonds. The molecule has 0 bridgehead atoms. The minimum atomic E-state index is 0.700. The first kappa shape index (κ1) is 12.1. The molecule has 1 heterocycles. The van der Waals surface area contributed by atoms with Crippen molar-refractivity contribution in [2.45, 2.75) is 6.92 Å². The van der Waals surface area contributed by atoms with E-state index in [1.165, 1.54) is 0 Å². The topological polar surface area (TPSA) is 41.1 Å². The maximum absolute atomic E-state index is 4.41. The average molecular weight is 226 g/mol. The van der Waals surface area contributed by atoms with Gasteiger partial charge in [0.25, 0.3) is 0 Å². The van der Waals surface area contributed by atoms with E-state index < -0.39 is 0 Å². The fraction of sp³-hybridized carbons (Fsp3) is 0.600. The van der Waals surface area contributed by atoms with Gasteiger partial charge in [0.15, 0.2) is 0 Å². The Morgan fingerprint density at radius 1 is 1.53 bits per heavy atom. The zero-order valence-corrected chi connectivity index (χ0v) is 10.3. The number of hydrogen-bond acceptors (Lipinski definition) is 5. The Hall–Kier alpha value is -0.970. The van der Waals surface area contributed by atoms with Crippen LogP contribution < -0.4 is 10.2 Å². The summed E-state index contributed by atoms with van der Waals surface area (Å²) in [4.78, 5) is 10.7. The predicted octanol–water partition coefficient (Wildman–Crippen LogP) is 1.71. The van der Waals surface area contributed by atoms with Gasteiger partial charge < -0.3 is 10.2 Å². The molecule has 1 N–H and O–H groups in total. The summed E-state index contributed by atoms with van der Waals surface area (Å²) in [6, 6.07) is 1.93. The van der Waals surface area contributed by atoms with Crippen LogP contribution >= 0.6 is 11.8 Å². The van der Waals surface area contributed by atoms with Gasteiger partial charge in [0, 0.05) is 32.1 Å². The van der Waals surface area contributed by atoms with Crippen LogP contribution in [-0.2, 0) is 0 Å². The van der Waals surface area contributed by atoms with Crippen LogP contribution in [0.4, 0.5) is 11.8 Å². The van der Waals surface area contributed by atoms with Gasteiger partial charge in [-0.25, -0.2) is 4.98 Å². The number of nitrogens with one attached hydrogen (secondary N) is 1. The Labute approximate surface area is 95.5 Å². The second kappa shape index (κ2) is 6.50. The molecule has 4 nitrogen and oxygen atoms in total. The highest BCUT2D eigenvalue weighted by Gasteiger charge is 2.03. The second-order valence-electron chi connectivity index (χ2n) is 3.18. The van der Waals surface area contributed by atoms with Crippen LogP contribution in [0, 0.1) is 0 Å². The number of anilines is 2. The molecule has 0 saturated heterocycles. The third-order valence-corrected chi connectivity index (χ3v) is 2.59. The van der Waals surface area contributed by atoms with Crippen LogP contribution in [0.3, 0.4) is 0 Å². The summed E-state index contributed by atoms with van der Waals surface area (Å²) in [7, 11) is 2.05. The van der Waals surface area contributed by atoms with Crippen LogP contribution in [0.5, 0.6) is 0 Å². The number of rotatable bonds is 6. The fourth-order valence-corrected chi connectivity index (χ4v) is 1.60. The molecule has 0 unspecified atom stereocenters. The van der Waals surface area contributed by atoms with Crippen molar-refractivity contribution in [3.63, 3.8) is 0 Å². The van der Waals surface area contributed by atoms with Gasteiger partial charge in [-0.2, -0.15) is 16.7 Å². The first-order chi connectivity index (χ1) is 7.27. The fourth-order valence-electron chi connectivity index (χ4n) is 1.15. The summed E-state index contributed by atoms with van der Waals surface area (Å²) in [5.41, 5.74) is 0. The lowest BCUT2D eigenvalue weighted by molar-refractivity contribution is 0.934. The molecule has 0 saturated carbocycles. The lowest BCUT2D eigenvalue weighted by atomic mass is 10.5. The Kier molecular flexibility index (Phi) is 5.25. The van der Waals surface area contributed by atoms with Crippen molar-refractivity contribution in [3.8, 4) is 0 Å². The Bertz CT molecular complexity index is 293. The molecule has 1 rings (SSSR count). The van der Waals surface area contributed by atoms with Crippen LogP contribution in [0.1, 0.15) is 6.92 Å². The molecule has 0 aliphatic rings. The van der Waals surface area contributed by atoms with E-state index in [1.54, 1.807) is 6.20 Å². The quantitative estimate of drug-likeness (QED) is 0.799. The van der Waals surface area contributed by atoms with Gasteiger partial charge in [-0.3, -0.25) is 0 Å². The largest absolute Gasteiger partial charge is 0.359 e.